The molecule has 25 heavy (non-hydrogen) atoms. The number of hydrogen-bond acceptors (Lipinski definition) is 4. The van der Waals surface area contributed by atoms with Crippen LogP contribution in [0.15, 0.2) is 53.4 Å². The first kappa shape index (κ1) is 17.8. The van der Waals surface area contributed by atoms with Gasteiger partial charge in [-0.1, -0.05) is 18.2 Å². The summed E-state index contributed by atoms with van der Waals surface area (Å²) in [5.41, 5.74) is 1.05. The first-order chi connectivity index (χ1) is 11.7. The summed E-state index contributed by atoms with van der Waals surface area (Å²) in [4.78, 5) is -0.0445. The molecule has 9 heteroatoms. The van der Waals surface area contributed by atoms with Crippen LogP contribution < -0.4 is 9.03 Å². The maximum absolute atomic E-state index is 13.0. The molecule has 0 radical (unpaired) electrons. The van der Waals surface area contributed by atoms with Crippen LogP contribution in [0.25, 0.3) is 0 Å². The van der Waals surface area contributed by atoms with Gasteiger partial charge in [-0.15, -0.1) is 0 Å². The number of nitrogens with one attached hydrogen (secondary N) is 1. The van der Waals surface area contributed by atoms with Gasteiger partial charge in [0.25, 0.3) is 0 Å². The zero-order valence-corrected chi connectivity index (χ0v) is 15.0. The van der Waals surface area contributed by atoms with E-state index in [1.165, 1.54) is 16.4 Å². The van der Waals surface area contributed by atoms with Crippen molar-refractivity contribution in [3.8, 4) is 0 Å². The largest absolute Gasteiger partial charge is 0.270 e. The number of rotatable bonds is 4. The van der Waals surface area contributed by atoms with E-state index in [0.717, 1.165) is 18.4 Å². The molecular weight excluding hydrogens is 367 g/mol. The Bertz CT molecular complexity index is 989. The molecule has 0 saturated heterocycles. The average Bonchev–Trinajstić information content (AvgIpc) is 2.54. The van der Waals surface area contributed by atoms with Crippen molar-refractivity contribution >= 4 is 25.7 Å². The fourth-order valence-corrected chi connectivity index (χ4v) is 5.08. The third kappa shape index (κ3) is 3.68. The van der Waals surface area contributed by atoms with Crippen LogP contribution in [-0.4, -0.2) is 29.6 Å². The monoisotopic (exact) mass is 384 g/mol. The molecule has 0 saturated carbocycles. The Balaban J connectivity index is 1.95. The summed E-state index contributed by atoms with van der Waals surface area (Å²) in [5.74, 6) is -0.522. The highest BCUT2D eigenvalue weighted by atomic mass is 32.2. The van der Waals surface area contributed by atoms with Gasteiger partial charge in [-0.2, -0.15) is 0 Å². The number of para-hydroxylation sites is 1. The van der Waals surface area contributed by atoms with Gasteiger partial charge < -0.3 is 0 Å². The van der Waals surface area contributed by atoms with Crippen molar-refractivity contribution in [2.45, 2.75) is 17.4 Å². The van der Waals surface area contributed by atoms with Gasteiger partial charge in [0.15, 0.2) is 0 Å². The van der Waals surface area contributed by atoms with E-state index < -0.39 is 31.9 Å². The molecule has 0 aromatic heterocycles. The van der Waals surface area contributed by atoms with E-state index in [1.54, 1.807) is 24.3 Å². The first-order valence-electron chi connectivity index (χ1n) is 7.53. The van der Waals surface area contributed by atoms with E-state index in [9.17, 15) is 21.2 Å². The molecule has 1 aliphatic rings. The van der Waals surface area contributed by atoms with Crippen molar-refractivity contribution in [3.63, 3.8) is 0 Å². The molecule has 134 valence electrons. The summed E-state index contributed by atoms with van der Waals surface area (Å²) in [6.07, 6.45) is 1.41. The zero-order valence-electron chi connectivity index (χ0n) is 13.4. The molecule has 1 heterocycles. The number of halogens is 1. The molecule has 0 bridgehead atoms. The Labute approximate surface area is 146 Å². The second-order valence-corrected chi connectivity index (χ2v) is 9.43. The molecular formula is C16H17FN2O4S2. The molecule has 0 amide bonds. The van der Waals surface area contributed by atoms with E-state index >= 15 is 0 Å². The second-order valence-electron chi connectivity index (χ2n) is 5.81. The Hall–Kier alpha value is -1.97. The lowest BCUT2D eigenvalue weighted by Gasteiger charge is -2.34. The van der Waals surface area contributed by atoms with Gasteiger partial charge in [0.1, 0.15) is 5.82 Å². The summed E-state index contributed by atoms with van der Waals surface area (Å²) in [6.45, 7) is 0.173. The van der Waals surface area contributed by atoms with Gasteiger partial charge >= 0.3 is 0 Å². The predicted octanol–water partition coefficient (Wildman–Crippen LogP) is 2.02. The van der Waals surface area contributed by atoms with Crippen molar-refractivity contribution in [1.29, 1.82) is 0 Å². The number of sulfonamides is 2. The third-order valence-electron chi connectivity index (χ3n) is 4.02. The van der Waals surface area contributed by atoms with Crippen LogP contribution in [0, 0.1) is 5.82 Å². The molecule has 2 aromatic carbocycles. The molecule has 1 atom stereocenters. The Morgan fingerprint density at radius 2 is 1.68 bits per heavy atom. The number of anilines is 1. The van der Waals surface area contributed by atoms with Crippen LogP contribution in [0.5, 0.6) is 0 Å². The molecule has 0 spiro atoms. The number of benzene rings is 2. The molecule has 1 unspecified atom stereocenters. The quantitative estimate of drug-likeness (QED) is 0.874. The molecule has 1 aliphatic heterocycles. The molecule has 0 fully saturated rings. The molecule has 1 N–H and O–H groups in total. The van der Waals surface area contributed by atoms with Crippen molar-refractivity contribution in [1.82, 2.24) is 4.72 Å². The minimum atomic E-state index is -3.86. The van der Waals surface area contributed by atoms with Crippen LogP contribution >= 0.6 is 0 Å². The van der Waals surface area contributed by atoms with Crippen LogP contribution in [0.1, 0.15) is 18.0 Å². The minimum absolute atomic E-state index is 0.0445. The fourth-order valence-electron chi connectivity index (χ4n) is 2.87. The van der Waals surface area contributed by atoms with Crippen LogP contribution in [0.4, 0.5) is 10.1 Å². The van der Waals surface area contributed by atoms with Gasteiger partial charge in [-0.25, -0.2) is 25.9 Å². The number of nitrogens with zero attached hydrogens (tertiary/aromatic N) is 1. The highest BCUT2D eigenvalue weighted by Crippen LogP contribution is 2.35. The normalized spacial score (nSPS) is 18.0. The van der Waals surface area contributed by atoms with Gasteiger partial charge in [0.2, 0.25) is 20.0 Å². The van der Waals surface area contributed by atoms with E-state index in [2.05, 4.69) is 4.72 Å². The maximum Gasteiger partial charge on any atom is 0.241 e. The van der Waals surface area contributed by atoms with Gasteiger partial charge in [-0.3, -0.25) is 4.31 Å². The summed E-state index contributed by atoms with van der Waals surface area (Å²) in [6, 6.07) is 10.7. The van der Waals surface area contributed by atoms with Crippen molar-refractivity contribution < 1.29 is 21.2 Å². The topological polar surface area (TPSA) is 83.6 Å². The number of hydrogen-bond donors (Lipinski definition) is 1. The lowest BCUT2D eigenvalue weighted by molar-refractivity contribution is 0.530. The smallest absolute Gasteiger partial charge is 0.241 e. The van der Waals surface area contributed by atoms with Gasteiger partial charge in [0.05, 0.1) is 22.9 Å². The standard InChI is InChI=1S/C16H17FN2O4S2/c1-24(20,21)19-11-10-15(14-4-2-3-5-16(14)19)18-25(22,23)13-8-6-12(17)7-9-13/h2-9,15,18H,10-11H2,1H3. The number of fused-ring (bicyclic) bond motifs is 1. The van der Waals surface area contributed by atoms with E-state index in [1.807, 2.05) is 0 Å². The highest BCUT2D eigenvalue weighted by Gasteiger charge is 2.32. The third-order valence-corrected chi connectivity index (χ3v) is 6.69. The molecule has 3 rings (SSSR count). The maximum atomic E-state index is 13.0. The van der Waals surface area contributed by atoms with Crippen molar-refractivity contribution in [2.75, 3.05) is 17.1 Å². The SMILES string of the molecule is CS(=O)(=O)N1CCC(NS(=O)(=O)c2ccc(F)cc2)c2ccccc21. The first-order valence-corrected chi connectivity index (χ1v) is 10.9. The van der Waals surface area contributed by atoms with E-state index in [0.29, 0.717) is 17.7 Å². The van der Waals surface area contributed by atoms with Gasteiger partial charge in [0, 0.05) is 6.54 Å². The molecule has 2 aromatic rings. The van der Waals surface area contributed by atoms with Crippen LogP contribution in [0.2, 0.25) is 0 Å². The predicted molar refractivity (Wildman–Crippen MR) is 92.7 cm³/mol. The summed E-state index contributed by atoms with van der Waals surface area (Å²) in [7, 11) is -7.31. The lowest BCUT2D eigenvalue weighted by Crippen LogP contribution is -2.40. The Morgan fingerprint density at radius 3 is 2.32 bits per heavy atom. The van der Waals surface area contributed by atoms with E-state index in [4.69, 9.17) is 0 Å². The Morgan fingerprint density at radius 1 is 1.04 bits per heavy atom. The van der Waals surface area contributed by atoms with Gasteiger partial charge in [-0.05, 0) is 42.3 Å². The van der Waals surface area contributed by atoms with Crippen LogP contribution in [0.3, 0.4) is 0 Å². The molecule has 0 aliphatic carbocycles. The zero-order chi connectivity index (χ0) is 18.2. The lowest BCUT2D eigenvalue weighted by atomic mass is 9.99. The fraction of sp³-hybridized carbons (Fsp3) is 0.250. The summed E-state index contributed by atoms with van der Waals surface area (Å²) < 4.78 is 65.8. The summed E-state index contributed by atoms with van der Waals surface area (Å²) >= 11 is 0. The second kappa shape index (κ2) is 6.40. The van der Waals surface area contributed by atoms with Crippen molar-refractivity contribution in [3.05, 3.63) is 59.9 Å². The van der Waals surface area contributed by atoms with E-state index in [-0.39, 0.29) is 11.4 Å². The highest BCUT2D eigenvalue weighted by molar-refractivity contribution is 7.92. The molecule has 6 nitrogen and oxygen atoms in total. The minimum Gasteiger partial charge on any atom is -0.270 e. The Kier molecular flexibility index (Phi) is 4.56. The van der Waals surface area contributed by atoms with Crippen LogP contribution in [-0.2, 0) is 20.0 Å². The summed E-state index contributed by atoms with van der Waals surface area (Å²) in [5, 5.41) is 0. The average molecular weight is 384 g/mol. The van der Waals surface area contributed by atoms with Crippen molar-refractivity contribution in [2.24, 2.45) is 0 Å².